The van der Waals surface area contributed by atoms with Gasteiger partial charge in [0.1, 0.15) is 41.9 Å². The first-order chi connectivity index (χ1) is 29.5. The number of carboxylic acid groups (broad SMARTS) is 1. The Morgan fingerprint density at radius 1 is 0.791 bits per heavy atom. The van der Waals surface area contributed by atoms with Crippen molar-refractivity contribution in [3.63, 3.8) is 0 Å². The van der Waals surface area contributed by atoms with E-state index >= 15 is 0 Å². The summed E-state index contributed by atoms with van der Waals surface area (Å²) in [5.41, 5.74) is 2.60. The third-order valence-corrected chi connectivity index (χ3v) is 16.2. The van der Waals surface area contributed by atoms with E-state index in [1.807, 2.05) is 19.9 Å². The Balaban J connectivity index is 0.00000280. The summed E-state index contributed by atoms with van der Waals surface area (Å²) in [5.74, 6) is -2.04. The fraction of sp³-hybridized carbons (Fsp3) is 0.395. The van der Waals surface area contributed by atoms with Gasteiger partial charge in [-0.3, -0.25) is 4.79 Å². The molecule has 0 amide bonds. The Hall–Kier alpha value is -1.74. The molecule has 3 aromatic carbocycles. The van der Waals surface area contributed by atoms with Crippen LogP contribution in [0.15, 0.2) is 105 Å². The molecule has 67 heavy (non-hydrogen) atoms. The molecule has 9 rings (SSSR count). The van der Waals surface area contributed by atoms with Crippen molar-refractivity contribution in [3.8, 4) is 5.75 Å². The third kappa shape index (κ3) is 10.6. The fourth-order valence-electron chi connectivity index (χ4n) is 10.3. The Kier molecular flexibility index (Phi) is 16.2. The van der Waals surface area contributed by atoms with Gasteiger partial charge in [0.05, 0.1) is 42.2 Å². The van der Waals surface area contributed by atoms with E-state index in [0.29, 0.717) is 75.8 Å². The minimum absolute atomic E-state index is 0. The van der Waals surface area contributed by atoms with Gasteiger partial charge in [0, 0.05) is 52.5 Å². The predicted octanol–water partition coefficient (Wildman–Crippen LogP) is -4.88. The van der Waals surface area contributed by atoms with Crippen molar-refractivity contribution in [1.82, 2.24) is 0 Å². The molecule has 1 saturated carbocycles. The number of benzene rings is 3. The van der Waals surface area contributed by atoms with Gasteiger partial charge in [-0.1, -0.05) is 32.1 Å². The van der Waals surface area contributed by atoms with Crippen LogP contribution in [0.1, 0.15) is 70.1 Å². The number of allylic oxidation sites excluding steroid dienone is 5. The SMILES string of the molecule is CC1(C)C(=C2CC23C(Oc2ccc(CCC(=O)O)cc2)=C2CCC3C=C2C2=[N+](CCS(=O)(=O)[O-])c3ccc(S(=O)(=O)[O-])cc3C2(C)C)N(CCS(=O)(=O)[O-])c2ccc(S(=O)(=O)[O-])cc21.[Na+].[Na+].[Na+]. The Morgan fingerprint density at radius 2 is 1.37 bits per heavy atom. The van der Waals surface area contributed by atoms with Crippen LogP contribution in [0.2, 0.25) is 0 Å². The van der Waals surface area contributed by atoms with Gasteiger partial charge in [-0.05, 0) is 105 Å². The first kappa shape index (κ1) is 56.2. The van der Waals surface area contributed by atoms with E-state index < -0.39 is 84.0 Å². The van der Waals surface area contributed by atoms with Gasteiger partial charge in [0.15, 0.2) is 12.3 Å². The smallest absolute Gasteiger partial charge is 0.748 e. The summed E-state index contributed by atoms with van der Waals surface area (Å²) in [6, 6.07) is 14.5. The summed E-state index contributed by atoms with van der Waals surface area (Å²) in [5, 5.41) is 9.25. The second-order valence-corrected chi connectivity index (χ2v) is 23.6. The van der Waals surface area contributed by atoms with Gasteiger partial charge < -0.3 is 33.0 Å². The maximum atomic E-state index is 12.2. The van der Waals surface area contributed by atoms with E-state index in [1.165, 1.54) is 24.3 Å². The number of fused-ring (bicyclic) bond motifs is 3. The zero-order valence-corrected chi connectivity index (χ0v) is 47.2. The van der Waals surface area contributed by atoms with Crippen molar-refractivity contribution in [2.45, 2.75) is 80.4 Å². The number of aryl methyl sites for hydroxylation is 1. The van der Waals surface area contributed by atoms with E-state index in [2.05, 4.69) is 0 Å². The van der Waals surface area contributed by atoms with Crippen molar-refractivity contribution in [1.29, 1.82) is 0 Å². The number of ether oxygens (including phenoxy) is 1. The standard InChI is InChI=1S/C43H46N2O15S4.3Na/c1-41(2)32-22-28(63(54,55)56)11-14-35(32)44(17-19-61(48,49)50)38(41)31-21-26-8-13-30(31)40(60-27-9-5-25(6-10-27)7-16-37(46)47)43(26)24-34(43)39-42(3,4)33-23-29(64(57,58)59)12-15-36(33)45(39)18-20-62(51,52)53;;;/h5-6,9-12,14-15,21-23,26H,7-8,13,16-20,24H2,1-4H3,(H4-,46,47,48,49,50,51,52,53,54,55,56,57,58,59);;;/q;3*+1/p-3. The first-order valence-electron chi connectivity index (χ1n) is 20.2. The quantitative estimate of drug-likeness (QED) is 0.0900. The number of rotatable bonds is 14. The van der Waals surface area contributed by atoms with Gasteiger partial charge in [-0.2, -0.15) is 4.58 Å². The molecule has 24 heteroatoms. The van der Waals surface area contributed by atoms with E-state index in [0.717, 1.165) is 23.3 Å². The minimum Gasteiger partial charge on any atom is -0.748 e. The summed E-state index contributed by atoms with van der Waals surface area (Å²) in [6.07, 6.45) is 3.56. The molecule has 6 aliphatic rings. The molecule has 2 unspecified atom stereocenters. The fourth-order valence-corrected chi connectivity index (χ4v) is 12.1. The van der Waals surface area contributed by atoms with Gasteiger partial charge in [0.2, 0.25) is 5.69 Å². The third-order valence-electron chi connectivity index (χ3n) is 13.2. The van der Waals surface area contributed by atoms with E-state index in [-0.39, 0.29) is 121 Å². The van der Waals surface area contributed by atoms with Crippen LogP contribution in [0, 0.1) is 11.3 Å². The van der Waals surface area contributed by atoms with Crippen LogP contribution in [0.3, 0.4) is 0 Å². The molecule has 2 heterocycles. The molecule has 2 aliphatic heterocycles. The number of anilines is 1. The van der Waals surface area contributed by atoms with Crippen molar-refractivity contribution >= 4 is 63.5 Å². The zero-order valence-electron chi connectivity index (χ0n) is 38.0. The van der Waals surface area contributed by atoms with Gasteiger partial charge in [-0.15, -0.1) is 0 Å². The summed E-state index contributed by atoms with van der Waals surface area (Å²) in [7, 11) is -19.3. The summed E-state index contributed by atoms with van der Waals surface area (Å²) in [4.78, 5) is 12.0. The molecular formula is C43H43N2Na3O15S4. The average molecular weight is 1030 g/mol. The molecule has 1 N–H and O–H groups in total. The van der Waals surface area contributed by atoms with Crippen LogP contribution < -0.4 is 98.3 Å². The first-order valence-corrected chi connectivity index (χ1v) is 26.2. The van der Waals surface area contributed by atoms with Crippen molar-refractivity contribution in [2.24, 2.45) is 11.3 Å². The Labute approximate surface area is 456 Å². The number of aliphatic carboxylic acids is 1. The molecule has 0 saturated heterocycles. The molecule has 1 fully saturated rings. The molecule has 1 spiro atoms. The van der Waals surface area contributed by atoms with Crippen LogP contribution in [0.25, 0.3) is 0 Å². The number of carbonyl (C=O) groups is 1. The van der Waals surface area contributed by atoms with E-state index in [4.69, 9.17) is 4.74 Å². The topological polar surface area (TPSA) is 282 Å². The Bertz CT molecular complexity index is 3170. The van der Waals surface area contributed by atoms with Gasteiger partial charge >= 0.3 is 94.6 Å². The molecule has 2 atom stereocenters. The van der Waals surface area contributed by atoms with Crippen LogP contribution in [0.4, 0.5) is 11.4 Å². The summed E-state index contributed by atoms with van der Waals surface area (Å²) in [6.45, 7) is 6.61. The number of hydrogen-bond acceptors (Lipinski definition) is 15. The maximum absolute atomic E-state index is 12.2. The second-order valence-electron chi connectivity index (χ2n) is 17.8. The summed E-state index contributed by atoms with van der Waals surface area (Å²) < 4.78 is 155. The normalized spacial score (nSPS) is 22.4. The van der Waals surface area contributed by atoms with Crippen LogP contribution in [-0.4, -0.2) is 97.8 Å². The molecule has 2 bridgehead atoms. The van der Waals surface area contributed by atoms with Crippen LogP contribution in [0.5, 0.6) is 5.75 Å². The maximum Gasteiger partial charge on any atom is 1.00 e. The second kappa shape index (κ2) is 19.4. The monoisotopic (exact) mass is 1020 g/mol. The van der Waals surface area contributed by atoms with Gasteiger partial charge in [0.25, 0.3) is 0 Å². The van der Waals surface area contributed by atoms with Crippen molar-refractivity contribution in [2.75, 3.05) is 29.5 Å². The van der Waals surface area contributed by atoms with Crippen LogP contribution in [-0.2, 0) is 62.5 Å². The summed E-state index contributed by atoms with van der Waals surface area (Å²) >= 11 is 0. The molecular weight excluding hydrogens is 982 g/mol. The minimum atomic E-state index is -4.91. The van der Waals surface area contributed by atoms with Crippen molar-refractivity contribution in [3.05, 3.63) is 112 Å². The van der Waals surface area contributed by atoms with E-state index in [1.54, 1.807) is 47.6 Å². The van der Waals surface area contributed by atoms with Crippen LogP contribution >= 0.6 is 0 Å². The van der Waals surface area contributed by atoms with Gasteiger partial charge in [-0.25, -0.2) is 33.7 Å². The van der Waals surface area contributed by atoms with E-state index in [9.17, 15) is 61.8 Å². The number of hydrogen-bond donors (Lipinski definition) is 1. The largest absolute Gasteiger partial charge is 1.00 e. The number of nitrogens with zero attached hydrogens (tertiary/aromatic N) is 2. The number of carboxylic acids is 1. The predicted molar refractivity (Wildman–Crippen MR) is 226 cm³/mol. The molecule has 17 nitrogen and oxygen atoms in total. The molecule has 342 valence electrons. The molecule has 0 aromatic heterocycles. The Morgan fingerprint density at radius 3 is 1.94 bits per heavy atom. The average Bonchev–Trinajstić information content (AvgIpc) is 3.78. The molecule has 0 radical (unpaired) electrons. The molecule has 4 aliphatic carbocycles. The molecule has 3 aromatic rings. The van der Waals surface area contributed by atoms with Crippen molar-refractivity contribution < 1.29 is 160 Å². The zero-order chi connectivity index (χ0) is 46.7.